The molecular formula is C17H14ClN3O2. The fourth-order valence-corrected chi connectivity index (χ4v) is 2.85. The van der Waals surface area contributed by atoms with Gasteiger partial charge in [-0.25, -0.2) is 0 Å². The van der Waals surface area contributed by atoms with E-state index in [0.29, 0.717) is 22.0 Å². The fourth-order valence-electron chi connectivity index (χ4n) is 2.58. The maximum Gasteiger partial charge on any atom is 0.248 e. The first-order valence-electron chi connectivity index (χ1n) is 6.91. The highest BCUT2D eigenvalue weighted by atomic mass is 35.5. The molecule has 0 saturated carbocycles. The molecule has 0 bridgehead atoms. The van der Waals surface area contributed by atoms with E-state index in [2.05, 4.69) is 5.16 Å². The van der Waals surface area contributed by atoms with Gasteiger partial charge in [0.15, 0.2) is 0 Å². The molecular weight excluding hydrogens is 314 g/mol. The highest BCUT2D eigenvalue weighted by Crippen LogP contribution is 2.29. The average Bonchev–Trinajstić information content (AvgIpc) is 2.93. The zero-order chi connectivity index (χ0) is 16.6. The van der Waals surface area contributed by atoms with E-state index in [1.807, 2.05) is 35.0 Å². The molecule has 1 amide bonds. The van der Waals surface area contributed by atoms with E-state index in [0.717, 1.165) is 16.5 Å². The second-order valence-electron chi connectivity index (χ2n) is 5.15. The van der Waals surface area contributed by atoms with E-state index in [-0.39, 0.29) is 0 Å². The van der Waals surface area contributed by atoms with Gasteiger partial charge in [-0.15, -0.1) is 0 Å². The van der Waals surface area contributed by atoms with Gasteiger partial charge in [0, 0.05) is 22.7 Å². The quantitative estimate of drug-likeness (QED) is 0.438. The lowest BCUT2D eigenvalue weighted by Gasteiger charge is -2.08. The van der Waals surface area contributed by atoms with Crippen molar-refractivity contribution in [1.29, 1.82) is 0 Å². The largest absolute Gasteiger partial charge is 0.411 e. The van der Waals surface area contributed by atoms with Crippen molar-refractivity contribution in [2.45, 2.75) is 6.92 Å². The van der Waals surface area contributed by atoms with E-state index in [4.69, 9.17) is 22.5 Å². The van der Waals surface area contributed by atoms with Crippen molar-refractivity contribution in [2.24, 2.45) is 10.9 Å². The smallest absolute Gasteiger partial charge is 0.248 e. The molecule has 23 heavy (non-hydrogen) atoms. The molecule has 0 saturated heterocycles. The van der Waals surface area contributed by atoms with Gasteiger partial charge >= 0.3 is 0 Å². The van der Waals surface area contributed by atoms with Crippen LogP contribution in [0.25, 0.3) is 16.6 Å². The van der Waals surface area contributed by atoms with Crippen LogP contribution in [0.5, 0.6) is 0 Å². The Morgan fingerprint density at radius 3 is 2.65 bits per heavy atom. The highest BCUT2D eigenvalue weighted by Gasteiger charge is 2.14. The summed E-state index contributed by atoms with van der Waals surface area (Å²) >= 11 is 6.32. The van der Waals surface area contributed by atoms with Gasteiger partial charge in [-0.05, 0) is 31.2 Å². The van der Waals surface area contributed by atoms with Gasteiger partial charge < -0.3 is 15.5 Å². The number of carbonyl (C=O) groups is 1. The highest BCUT2D eigenvalue weighted by molar-refractivity contribution is 6.33. The van der Waals surface area contributed by atoms with Crippen LogP contribution < -0.4 is 5.73 Å². The molecule has 5 nitrogen and oxygen atoms in total. The summed E-state index contributed by atoms with van der Waals surface area (Å²) in [4.78, 5) is 11.3. The lowest BCUT2D eigenvalue weighted by molar-refractivity contribution is 0.100. The number of oxime groups is 1. The van der Waals surface area contributed by atoms with Crippen LogP contribution in [0.3, 0.4) is 0 Å². The summed E-state index contributed by atoms with van der Waals surface area (Å²) in [7, 11) is 0. The van der Waals surface area contributed by atoms with Crippen LogP contribution in [0.4, 0.5) is 0 Å². The van der Waals surface area contributed by atoms with Crippen molar-refractivity contribution in [1.82, 2.24) is 4.57 Å². The number of nitrogens with zero attached hydrogens (tertiary/aromatic N) is 2. The third kappa shape index (κ3) is 2.55. The summed E-state index contributed by atoms with van der Waals surface area (Å²) in [6, 6.07) is 12.6. The normalized spacial score (nSPS) is 11.8. The van der Waals surface area contributed by atoms with Gasteiger partial charge in [-0.3, -0.25) is 4.79 Å². The molecule has 3 rings (SSSR count). The first-order chi connectivity index (χ1) is 11.0. The number of carbonyl (C=O) groups excluding carboxylic acids is 1. The van der Waals surface area contributed by atoms with Gasteiger partial charge in [0.05, 0.1) is 21.9 Å². The van der Waals surface area contributed by atoms with Crippen LogP contribution in [0.15, 0.2) is 53.8 Å². The number of rotatable bonds is 3. The molecule has 0 unspecified atom stereocenters. The zero-order valence-electron chi connectivity index (χ0n) is 12.3. The van der Waals surface area contributed by atoms with Crippen molar-refractivity contribution in [2.75, 3.05) is 0 Å². The van der Waals surface area contributed by atoms with Crippen LogP contribution in [0.2, 0.25) is 5.02 Å². The van der Waals surface area contributed by atoms with E-state index in [9.17, 15) is 4.79 Å². The molecule has 1 heterocycles. The van der Waals surface area contributed by atoms with Gasteiger partial charge in [0.2, 0.25) is 5.91 Å². The molecule has 0 atom stereocenters. The van der Waals surface area contributed by atoms with Crippen LogP contribution in [0.1, 0.15) is 22.8 Å². The second-order valence-corrected chi connectivity index (χ2v) is 5.55. The number of primary amides is 1. The standard InChI is InChI=1S/C17H14ClN3O2/c1-10(20-23)13-9-21(15-5-3-2-4-12(13)15)16-7-6-11(17(19)22)8-14(16)18/h2-9,23H,1H3,(H2,19,22). The zero-order valence-corrected chi connectivity index (χ0v) is 13.1. The molecule has 0 aliphatic carbocycles. The van der Waals surface area contributed by atoms with Gasteiger partial charge in [-0.1, -0.05) is 35.0 Å². The van der Waals surface area contributed by atoms with E-state index >= 15 is 0 Å². The number of halogens is 1. The second kappa shape index (κ2) is 5.78. The first-order valence-corrected chi connectivity index (χ1v) is 7.29. The van der Waals surface area contributed by atoms with Crippen LogP contribution in [0, 0.1) is 0 Å². The van der Waals surface area contributed by atoms with Gasteiger partial charge in [0.25, 0.3) is 0 Å². The summed E-state index contributed by atoms with van der Waals surface area (Å²) in [6.45, 7) is 1.73. The topological polar surface area (TPSA) is 80.6 Å². The molecule has 0 fully saturated rings. The van der Waals surface area contributed by atoms with Crippen molar-refractivity contribution >= 4 is 34.1 Å². The van der Waals surface area contributed by atoms with Crippen LogP contribution >= 0.6 is 11.6 Å². The van der Waals surface area contributed by atoms with Crippen molar-refractivity contribution < 1.29 is 10.0 Å². The lowest BCUT2D eigenvalue weighted by atomic mass is 10.1. The Morgan fingerprint density at radius 1 is 1.26 bits per heavy atom. The number of fused-ring (bicyclic) bond motifs is 1. The molecule has 2 aromatic carbocycles. The monoisotopic (exact) mass is 327 g/mol. The fraction of sp³-hybridized carbons (Fsp3) is 0.0588. The van der Waals surface area contributed by atoms with Gasteiger partial charge in [0.1, 0.15) is 0 Å². The summed E-state index contributed by atoms with van der Waals surface area (Å²) in [6.07, 6.45) is 1.85. The SMILES string of the molecule is CC(=NO)c1cn(-c2ccc(C(N)=O)cc2Cl)c2ccccc12. The van der Waals surface area contributed by atoms with E-state index in [1.54, 1.807) is 25.1 Å². The third-order valence-electron chi connectivity index (χ3n) is 3.74. The molecule has 0 spiro atoms. The predicted molar refractivity (Wildman–Crippen MR) is 90.8 cm³/mol. The number of benzene rings is 2. The molecule has 0 aliphatic heterocycles. The number of hydrogen-bond acceptors (Lipinski definition) is 3. The summed E-state index contributed by atoms with van der Waals surface area (Å²) < 4.78 is 1.90. The predicted octanol–water partition coefficient (Wildman–Crippen LogP) is 3.58. The Hall–Kier alpha value is -2.79. The Labute approximate surface area is 137 Å². The number of nitrogens with two attached hydrogens (primary N) is 1. The van der Waals surface area contributed by atoms with Crippen molar-refractivity contribution in [3.8, 4) is 5.69 Å². The number of amides is 1. The molecule has 6 heteroatoms. The minimum Gasteiger partial charge on any atom is -0.411 e. The van der Waals surface area contributed by atoms with Gasteiger partial charge in [-0.2, -0.15) is 0 Å². The molecule has 0 radical (unpaired) electrons. The maximum absolute atomic E-state index is 11.3. The van der Waals surface area contributed by atoms with Crippen molar-refractivity contribution in [3.05, 3.63) is 64.8 Å². The Kier molecular flexibility index (Phi) is 3.80. The number of para-hydroxylation sites is 1. The van der Waals surface area contributed by atoms with Crippen LogP contribution in [-0.2, 0) is 0 Å². The minimum absolute atomic E-state index is 0.350. The first kappa shape index (κ1) is 15.1. The molecule has 1 aromatic heterocycles. The maximum atomic E-state index is 11.3. The van der Waals surface area contributed by atoms with Crippen molar-refractivity contribution in [3.63, 3.8) is 0 Å². The van der Waals surface area contributed by atoms with E-state index in [1.165, 1.54) is 0 Å². The Balaban J connectivity index is 2.27. The van der Waals surface area contributed by atoms with E-state index < -0.39 is 5.91 Å². The summed E-state index contributed by atoms with van der Waals surface area (Å²) in [5, 5.41) is 13.7. The minimum atomic E-state index is -0.528. The lowest BCUT2D eigenvalue weighted by Crippen LogP contribution is -2.11. The summed E-state index contributed by atoms with van der Waals surface area (Å²) in [5.74, 6) is -0.528. The Morgan fingerprint density at radius 2 is 2.00 bits per heavy atom. The molecule has 0 aliphatic rings. The van der Waals surface area contributed by atoms with Crippen LogP contribution in [-0.4, -0.2) is 21.4 Å². The summed E-state index contributed by atoms with van der Waals surface area (Å²) in [5.41, 5.74) is 8.56. The molecule has 3 aromatic rings. The number of hydrogen-bond donors (Lipinski definition) is 2. The average molecular weight is 328 g/mol. The third-order valence-corrected chi connectivity index (χ3v) is 4.05. The Bertz CT molecular complexity index is 944. The molecule has 3 N–H and O–H groups in total. The molecule has 116 valence electrons. The number of aromatic nitrogens is 1.